The fraction of sp³-hybridized carbons (Fsp3) is 0.0588. The van der Waals surface area contributed by atoms with Crippen molar-refractivity contribution in [2.24, 2.45) is 0 Å². The molecule has 0 amide bonds. The molecule has 2 aromatic rings. The lowest BCUT2D eigenvalue weighted by Crippen LogP contribution is -2.22. The number of sulfone groups is 1. The van der Waals surface area contributed by atoms with Crippen molar-refractivity contribution in [3.8, 4) is 0 Å². The first-order valence-electron chi connectivity index (χ1n) is 6.75. The molecule has 0 atom stereocenters. The monoisotopic (exact) mass is 390 g/mol. The molecular weight excluding hydrogens is 380 g/mol. The van der Waals surface area contributed by atoms with Gasteiger partial charge in [0.25, 0.3) is 0 Å². The van der Waals surface area contributed by atoms with E-state index >= 15 is 0 Å². The third-order valence-corrected chi connectivity index (χ3v) is 5.76. The Morgan fingerprint density at radius 2 is 1.48 bits per heavy atom. The Morgan fingerprint density at radius 3 is 2.13 bits per heavy atom. The molecule has 2 aromatic carbocycles. The number of hydrogen-bond acceptors (Lipinski definition) is 4. The second kappa shape index (κ2) is 5.86. The summed E-state index contributed by atoms with van der Waals surface area (Å²) in [5, 5.41) is 0. The van der Waals surface area contributed by atoms with Gasteiger partial charge in [0.2, 0.25) is 0 Å². The number of halogens is 1. The van der Waals surface area contributed by atoms with Crippen LogP contribution in [0.2, 0.25) is 0 Å². The van der Waals surface area contributed by atoms with Crippen LogP contribution in [0.15, 0.2) is 69.5 Å². The molecule has 0 heterocycles. The largest absolute Gasteiger partial charge is 0.289 e. The molecule has 0 bridgehead atoms. The van der Waals surface area contributed by atoms with E-state index in [1.54, 1.807) is 30.3 Å². The van der Waals surface area contributed by atoms with Crippen molar-refractivity contribution < 1.29 is 18.0 Å². The minimum Gasteiger partial charge on any atom is -0.289 e. The van der Waals surface area contributed by atoms with Gasteiger partial charge < -0.3 is 0 Å². The van der Waals surface area contributed by atoms with Crippen LogP contribution in [0.4, 0.5) is 0 Å². The number of allylic oxidation sites excluding steroid dienone is 1. The Hall–Kier alpha value is -2.05. The molecule has 0 fully saturated rings. The van der Waals surface area contributed by atoms with Crippen LogP contribution < -0.4 is 0 Å². The van der Waals surface area contributed by atoms with E-state index in [1.807, 2.05) is 0 Å². The van der Waals surface area contributed by atoms with Crippen LogP contribution in [0.5, 0.6) is 0 Å². The molecule has 116 valence electrons. The third kappa shape index (κ3) is 3.04. The number of ketones is 2. The fourth-order valence-electron chi connectivity index (χ4n) is 2.41. The normalized spacial score (nSPS) is 14.4. The topological polar surface area (TPSA) is 68.3 Å². The summed E-state index contributed by atoms with van der Waals surface area (Å²) in [6, 6.07) is 12.6. The van der Waals surface area contributed by atoms with Gasteiger partial charge in [0, 0.05) is 21.2 Å². The van der Waals surface area contributed by atoms with E-state index < -0.39 is 21.4 Å². The maximum absolute atomic E-state index is 12.5. The molecule has 0 saturated carbocycles. The Balaban J connectivity index is 1.96. The summed E-state index contributed by atoms with van der Waals surface area (Å²) < 4.78 is 25.7. The van der Waals surface area contributed by atoms with Crippen LogP contribution in [0, 0.1) is 0 Å². The molecule has 4 nitrogen and oxygen atoms in total. The van der Waals surface area contributed by atoms with Gasteiger partial charge in [0.05, 0.1) is 10.6 Å². The molecule has 0 radical (unpaired) electrons. The Labute approximate surface area is 141 Å². The van der Waals surface area contributed by atoms with Crippen molar-refractivity contribution in [1.29, 1.82) is 0 Å². The summed E-state index contributed by atoms with van der Waals surface area (Å²) in [5.74, 6) is -1.25. The first-order chi connectivity index (χ1) is 10.9. The number of benzene rings is 2. The van der Waals surface area contributed by atoms with Crippen molar-refractivity contribution in [3.63, 3.8) is 0 Å². The molecule has 23 heavy (non-hydrogen) atoms. The second-order valence-corrected chi connectivity index (χ2v) is 8.03. The van der Waals surface area contributed by atoms with E-state index in [1.165, 1.54) is 18.2 Å². The van der Waals surface area contributed by atoms with E-state index in [0.29, 0.717) is 5.56 Å². The summed E-state index contributed by atoms with van der Waals surface area (Å²) in [4.78, 5) is 24.6. The van der Waals surface area contributed by atoms with Crippen LogP contribution in [-0.4, -0.2) is 25.7 Å². The number of hydrogen-bond donors (Lipinski definition) is 0. The summed E-state index contributed by atoms with van der Waals surface area (Å²) in [7, 11) is -3.70. The molecule has 0 aliphatic heterocycles. The van der Waals surface area contributed by atoms with Gasteiger partial charge >= 0.3 is 0 Å². The molecule has 0 spiro atoms. The quantitative estimate of drug-likeness (QED) is 0.806. The van der Waals surface area contributed by atoms with Crippen molar-refractivity contribution in [1.82, 2.24) is 0 Å². The van der Waals surface area contributed by atoms with E-state index in [-0.39, 0.29) is 21.8 Å². The predicted octanol–water partition coefficient (Wildman–Crippen LogP) is 3.23. The highest BCUT2D eigenvalue weighted by Crippen LogP contribution is 2.24. The first kappa shape index (κ1) is 15.8. The molecule has 0 saturated heterocycles. The summed E-state index contributed by atoms with van der Waals surface area (Å²) in [5.41, 5.74) is 0.555. The maximum atomic E-state index is 12.5. The highest BCUT2D eigenvalue weighted by atomic mass is 79.9. The van der Waals surface area contributed by atoms with Crippen molar-refractivity contribution in [3.05, 3.63) is 75.8 Å². The molecule has 0 N–H and O–H groups in total. The van der Waals surface area contributed by atoms with Gasteiger partial charge in [0.1, 0.15) is 0 Å². The lowest BCUT2D eigenvalue weighted by Gasteiger charge is -2.15. The minimum atomic E-state index is -3.70. The lowest BCUT2D eigenvalue weighted by atomic mass is 9.90. The average molecular weight is 391 g/mol. The zero-order valence-electron chi connectivity index (χ0n) is 11.8. The number of fused-ring (bicyclic) bond motifs is 1. The van der Waals surface area contributed by atoms with Gasteiger partial charge in [-0.3, -0.25) is 9.59 Å². The molecular formula is C17H11BrO4S. The van der Waals surface area contributed by atoms with Gasteiger partial charge in [-0.1, -0.05) is 40.2 Å². The molecule has 0 unspecified atom stereocenters. The Kier molecular flexibility index (Phi) is 4.04. The summed E-state index contributed by atoms with van der Waals surface area (Å²) in [6.45, 7) is 0. The van der Waals surface area contributed by atoms with Crippen molar-refractivity contribution >= 4 is 37.3 Å². The van der Waals surface area contributed by atoms with E-state index in [4.69, 9.17) is 0 Å². The van der Waals surface area contributed by atoms with E-state index in [0.717, 1.165) is 10.5 Å². The number of carbonyl (C=O) groups excluding carboxylic acids is 2. The molecule has 3 rings (SSSR count). The summed E-state index contributed by atoms with van der Waals surface area (Å²) in [6.07, 6.45) is 1.13. The van der Waals surface area contributed by atoms with Crippen LogP contribution in [0.25, 0.3) is 0 Å². The number of carbonyl (C=O) groups is 2. The summed E-state index contributed by atoms with van der Waals surface area (Å²) >= 11 is 3.24. The van der Waals surface area contributed by atoms with E-state index in [2.05, 4.69) is 15.9 Å². The molecule has 6 heteroatoms. The highest BCUT2D eigenvalue weighted by molar-refractivity contribution is 9.10. The SMILES string of the molecule is O=C1C=C(CS(=O)(=O)c2ccc(Br)cc2)C(=O)c2ccccc21. The van der Waals surface area contributed by atoms with Crippen LogP contribution in [0.1, 0.15) is 20.7 Å². The fourth-order valence-corrected chi connectivity index (χ4v) is 4.01. The van der Waals surface area contributed by atoms with Crippen LogP contribution in [-0.2, 0) is 9.84 Å². The van der Waals surface area contributed by atoms with Crippen LogP contribution in [0.3, 0.4) is 0 Å². The molecule has 1 aliphatic rings. The van der Waals surface area contributed by atoms with Gasteiger partial charge in [-0.15, -0.1) is 0 Å². The highest BCUT2D eigenvalue weighted by Gasteiger charge is 2.28. The third-order valence-electron chi connectivity index (χ3n) is 3.55. The molecule has 1 aliphatic carbocycles. The smallest absolute Gasteiger partial charge is 0.190 e. The van der Waals surface area contributed by atoms with E-state index in [9.17, 15) is 18.0 Å². The van der Waals surface area contributed by atoms with Crippen molar-refractivity contribution in [2.45, 2.75) is 4.90 Å². The predicted molar refractivity (Wildman–Crippen MR) is 89.4 cm³/mol. The zero-order chi connectivity index (χ0) is 16.6. The van der Waals surface area contributed by atoms with Gasteiger partial charge in [0.15, 0.2) is 21.4 Å². The van der Waals surface area contributed by atoms with Crippen molar-refractivity contribution in [2.75, 3.05) is 5.75 Å². The standard InChI is InChI=1S/C17H11BrO4S/c18-12-5-7-13(8-6-12)23(21,22)10-11-9-16(19)14-3-1-2-4-15(14)17(11)20/h1-9H,10H2. The van der Waals surface area contributed by atoms with Crippen LogP contribution >= 0.6 is 15.9 Å². The maximum Gasteiger partial charge on any atom is 0.190 e. The van der Waals surface area contributed by atoms with Gasteiger partial charge in [-0.25, -0.2) is 8.42 Å². The minimum absolute atomic E-state index is 0.00313. The van der Waals surface area contributed by atoms with Gasteiger partial charge in [-0.05, 0) is 30.3 Å². The number of rotatable bonds is 3. The Morgan fingerprint density at radius 1 is 0.870 bits per heavy atom. The average Bonchev–Trinajstić information content (AvgIpc) is 2.52. The zero-order valence-corrected chi connectivity index (χ0v) is 14.2. The number of Topliss-reactive ketones (excluding diaryl/α,β-unsaturated/α-hetero) is 1. The Bertz CT molecular complexity index is 941. The lowest BCUT2D eigenvalue weighted by molar-refractivity contribution is 0.0985. The molecule has 0 aromatic heterocycles. The second-order valence-electron chi connectivity index (χ2n) is 5.12. The van der Waals surface area contributed by atoms with Gasteiger partial charge in [-0.2, -0.15) is 0 Å². The first-order valence-corrected chi connectivity index (χ1v) is 9.20.